The molecule has 5 heteroatoms. The summed E-state index contributed by atoms with van der Waals surface area (Å²) in [5.74, 6) is 0.686. The number of hydrogen-bond acceptors (Lipinski definition) is 4. The van der Waals surface area contributed by atoms with Crippen LogP contribution in [-0.4, -0.2) is 50.3 Å². The molecule has 1 N–H and O–H groups in total. The molecule has 0 saturated heterocycles. The molecule has 130 valence electrons. The Hall–Kier alpha value is -1.59. The Morgan fingerprint density at radius 3 is 2.39 bits per heavy atom. The largest absolute Gasteiger partial charge is 0.494 e. The number of amides is 1. The average Bonchev–Trinajstić information content (AvgIpc) is 2.53. The van der Waals surface area contributed by atoms with Crippen LogP contribution in [0.3, 0.4) is 0 Å². The minimum absolute atomic E-state index is 0.124. The van der Waals surface area contributed by atoms with E-state index in [-0.39, 0.29) is 5.91 Å². The second kappa shape index (κ2) is 9.53. The van der Waals surface area contributed by atoms with Gasteiger partial charge in [0.2, 0.25) is 0 Å². The number of ether oxygens (including phenoxy) is 2. The van der Waals surface area contributed by atoms with Gasteiger partial charge in [0.15, 0.2) is 0 Å². The summed E-state index contributed by atoms with van der Waals surface area (Å²) in [4.78, 5) is 14.5. The van der Waals surface area contributed by atoms with E-state index in [4.69, 9.17) is 9.47 Å². The minimum atomic E-state index is -0.796. The Bertz CT molecular complexity index is 474. The van der Waals surface area contributed by atoms with Crippen molar-refractivity contribution in [1.29, 1.82) is 0 Å². The number of nitrogens with one attached hydrogen (secondary N) is 1. The first-order chi connectivity index (χ1) is 10.9. The first-order valence-electron chi connectivity index (χ1n) is 8.24. The summed E-state index contributed by atoms with van der Waals surface area (Å²) in [6.45, 7) is 7.85. The fraction of sp³-hybridized carbons (Fsp3) is 0.611. The summed E-state index contributed by atoms with van der Waals surface area (Å²) in [6.07, 6.45) is 1.61. The molecule has 1 amide bonds. The zero-order valence-electron chi connectivity index (χ0n) is 15.0. The van der Waals surface area contributed by atoms with Crippen molar-refractivity contribution >= 4 is 11.6 Å². The highest BCUT2D eigenvalue weighted by Gasteiger charge is 2.31. The molecule has 1 atom stereocenters. The molecule has 23 heavy (non-hydrogen) atoms. The molecule has 0 aromatic heterocycles. The third-order valence-electron chi connectivity index (χ3n) is 3.75. The molecule has 0 aliphatic heterocycles. The van der Waals surface area contributed by atoms with Gasteiger partial charge in [0.05, 0.1) is 6.61 Å². The van der Waals surface area contributed by atoms with Crippen LogP contribution in [-0.2, 0) is 9.53 Å². The average molecular weight is 322 g/mol. The van der Waals surface area contributed by atoms with E-state index in [0.29, 0.717) is 19.6 Å². The molecule has 0 heterocycles. The SMILES string of the molecule is CCO[C@@](C)(CC)C(=O)Nc1ccc(OCCCN(C)C)cc1. The summed E-state index contributed by atoms with van der Waals surface area (Å²) < 4.78 is 11.3. The lowest BCUT2D eigenvalue weighted by molar-refractivity contribution is -0.139. The number of rotatable bonds is 10. The second-order valence-corrected chi connectivity index (χ2v) is 6.00. The first-order valence-corrected chi connectivity index (χ1v) is 8.24. The maximum atomic E-state index is 12.3. The van der Waals surface area contributed by atoms with Crippen LogP contribution in [0.25, 0.3) is 0 Å². The van der Waals surface area contributed by atoms with Crippen LogP contribution in [0.4, 0.5) is 5.69 Å². The molecule has 0 saturated carbocycles. The third-order valence-corrected chi connectivity index (χ3v) is 3.75. The molecule has 0 aliphatic carbocycles. The Morgan fingerprint density at radius 1 is 1.22 bits per heavy atom. The van der Waals surface area contributed by atoms with Crippen molar-refractivity contribution in [1.82, 2.24) is 4.90 Å². The zero-order chi connectivity index (χ0) is 17.3. The first kappa shape index (κ1) is 19.5. The second-order valence-electron chi connectivity index (χ2n) is 6.00. The number of hydrogen-bond donors (Lipinski definition) is 1. The fourth-order valence-electron chi connectivity index (χ4n) is 2.12. The molecule has 0 bridgehead atoms. The summed E-state index contributed by atoms with van der Waals surface area (Å²) in [7, 11) is 4.09. The van der Waals surface area contributed by atoms with Gasteiger partial charge in [-0.15, -0.1) is 0 Å². The maximum Gasteiger partial charge on any atom is 0.256 e. The Morgan fingerprint density at radius 2 is 1.87 bits per heavy atom. The summed E-state index contributed by atoms with van der Waals surface area (Å²) in [5, 5.41) is 2.90. The minimum Gasteiger partial charge on any atom is -0.494 e. The molecule has 1 aromatic rings. The number of carbonyl (C=O) groups excluding carboxylic acids is 1. The van der Waals surface area contributed by atoms with Crippen LogP contribution in [0, 0.1) is 0 Å². The highest BCUT2D eigenvalue weighted by molar-refractivity contribution is 5.97. The van der Waals surface area contributed by atoms with Crippen LogP contribution < -0.4 is 10.1 Å². The van der Waals surface area contributed by atoms with E-state index < -0.39 is 5.60 Å². The van der Waals surface area contributed by atoms with E-state index in [1.54, 1.807) is 0 Å². The molecule has 0 radical (unpaired) electrons. The van der Waals surface area contributed by atoms with Crippen molar-refractivity contribution in [2.24, 2.45) is 0 Å². The molecule has 0 fully saturated rings. The predicted molar refractivity (Wildman–Crippen MR) is 94.1 cm³/mol. The van der Waals surface area contributed by atoms with Crippen molar-refractivity contribution < 1.29 is 14.3 Å². The highest BCUT2D eigenvalue weighted by Crippen LogP contribution is 2.20. The summed E-state index contributed by atoms with van der Waals surface area (Å²) in [6, 6.07) is 7.44. The van der Waals surface area contributed by atoms with E-state index in [2.05, 4.69) is 10.2 Å². The van der Waals surface area contributed by atoms with Gasteiger partial charge in [0, 0.05) is 18.8 Å². The molecular formula is C18H30N2O3. The standard InChI is InChI=1S/C18H30N2O3/c1-6-18(3,23-7-2)17(21)19-15-9-11-16(12-10-15)22-14-8-13-20(4)5/h9-12H,6-8,13-14H2,1-5H3,(H,19,21)/t18-/m0/s1. The molecule has 5 nitrogen and oxygen atoms in total. The van der Waals surface area contributed by atoms with Crippen molar-refractivity contribution in [3.8, 4) is 5.75 Å². The van der Waals surface area contributed by atoms with Gasteiger partial charge in [0.1, 0.15) is 11.4 Å². The molecule has 1 aromatic carbocycles. The fourth-order valence-corrected chi connectivity index (χ4v) is 2.12. The maximum absolute atomic E-state index is 12.3. The Balaban J connectivity index is 2.51. The zero-order valence-corrected chi connectivity index (χ0v) is 15.0. The lowest BCUT2D eigenvalue weighted by Gasteiger charge is -2.26. The van der Waals surface area contributed by atoms with Crippen LogP contribution in [0.2, 0.25) is 0 Å². The molecule has 0 spiro atoms. The predicted octanol–water partition coefficient (Wildman–Crippen LogP) is 3.16. The van der Waals surface area contributed by atoms with Gasteiger partial charge in [-0.05, 0) is 65.0 Å². The van der Waals surface area contributed by atoms with Crippen molar-refractivity contribution in [3.05, 3.63) is 24.3 Å². The van der Waals surface area contributed by atoms with Crippen LogP contribution in [0.1, 0.15) is 33.6 Å². The number of nitrogens with zero attached hydrogens (tertiary/aromatic N) is 1. The van der Waals surface area contributed by atoms with Gasteiger partial charge in [-0.2, -0.15) is 0 Å². The molecular weight excluding hydrogens is 292 g/mol. The summed E-state index contributed by atoms with van der Waals surface area (Å²) >= 11 is 0. The van der Waals surface area contributed by atoms with Crippen molar-refractivity contribution in [2.45, 2.75) is 39.2 Å². The molecule has 0 aliphatic rings. The van der Waals surface area contributed by atoms with Crippen LogP contribution in [0.15, 0.2) is 24.3 Å². The van der Waals surface area contributed by atoms with Crippen LogP contribution >= 0.6 is 0 Å². The Kier molecular flexibility index (Phi) is 8.06. The number of carbonyl (C=O) groups is 1. The lowest BCUT2D eigenvalue weighted by atomic mass is 10.0. The van der Waals surface area contributed by atoms with E-state index in [9.17, 15) is 4.79 Å². The smallest absolute Gasteiger partial charge is 0.256 e. The number of anilines is 1. The van der Waals surface area contributed by atoms with Gasteiger partial charge >= 0.3 is 0 Å². The lowest BCUT2D eigenvalue weighted by Crippen LogP contribution is -2.42. The van der Waals surface area contributed by atoms with E-state index in [0.717, 1.165) is 24.4 Å². The van der Waals surface area contributed by atoms with E-state index in [1.165, 1.54) is 0 Å². The van der Waals surface area contributed by atoms with E-state index >= 15 is 0 Å². The number of benzene rings is 1. The van der Waals surface area contributed by atoms with E-state index in [1.807, 2.05) is 59.1 Å². The normalized spacial score (nSPS) is 13.7. The van der Waals surface area contributed by atoms with Gasteiger partial charge in [0.25, 0.3) is 5.91 Å². The monoisotopic (exact) mass is 322 g/mol. The highest BCUT2D eigenvalue weighted by atomic mass is 16.5. The third kappa shape index (κ3) is 6.59. The van der Waals surface area contributed by atoms with Crippen LogP contribution in [0.5, 0.6) is 5.75 Å². The van der Waals surface area contributed by atoms with Gasteiger partial charge in [-0.1, -0.05) is 6.92 Å². The summed E-state index contributed by atoms with van der Waals surface area (Å²) in [5.41, 5.74) is -0.0501. The van der Waals surface area contributed by atoms with Crippen molar-refractivity contribution in [3.63, 3.8) is 0 Å². The van der Waals surface area contributed by atoms with Gasteiger partial charge in [-0.3, -0.25) is 4.79 Å². The molecule has 1 rings (SSSR count). The molecule has 0 unspecified atom stereocenters. The van der Waals surface area contributed by atoms with Gasteiger partial charge < -0.3 is 19.7 Å². The van der Waals surface area contributed by atoms with Gasteiger partial charge in [-0.25, -0.2) is 0 Å². The van der Waals surface area contributed by atoms with Crippen molar-refractivity contribution in [2.75, 3.05) is 39.2 Å². The Labute approximate surface area is 140 Å². The quantitative estimate of drug-likeness (QED) is 0.672. The topological polar surface area (TPSA) is 50.8 Å².